The van der Waals surface area contributed by atoms with Crippen LogP contribution in [-0.2, 0) is 4.79 Å². The van der Waals surface area contributed by atoms with Crippen LogP contribution in [0.15, 0.2) is 18.2 Å². The molecular weight excluding hydrogens is 389 g/mol. The van der Waals surface area contributed by atoms with E-state index in [2.05, 4.69) is 16.3 Å². The highest BCUT2D eigenvalue weighted by Gasteiger charge is 2.36. The lowest BCUT2D eigenvalue weighted by molar-refractivity contribution is -0.131. The summed E-state index contributed by atoms with van der Waals surface area (Å²) in [6, 6.07) is 6.51. The molecular formula is C19H25Cl2N3OS. The number of hydrogen-bond donors (Lipinski definition) is 1. The third-order valence-corrected chi connectivity index (χ3v) is 7.64. The lowest BCUT2D eigenvalue weighted by Crippen LogP contribution is -2.42. The smallest absolute Gasteiger partial charge is 0.240 e. The number of benzene rings is 1. The zero-order valence-electron chi connectivity index (χ0n) is 14.8. The van der Waals surface area contributed by atoms with Gasteiger partial charge < -0.3 is 10.2 Å². The summed E-state index contributed by atoms with van der Waals surface area (Å²) in [5, 5.41) is 4.73. The van der Waals surface area contributed by atoms with Crippen LogP contribution in [0.2, 0.25) is 10.0 Å². The predicted molar refractivity (Wildman–Crippen MR) is 109 cm³/mol. The number of likely N-dealkylation sites (tertiary alicyclic amines) is 1. The highest BCUT2D eigenvalue weighted by Crippen LogP contribution is 2.33. The topological polar surface area (TPSA) is 35.6 Å². The zero-order valence-corrected chi connectivity index (χ0v) is 17.1. The van der Waals surface area contributed by atoms with E-state index in [0.29, 0.717) is 27.9 Å². The number of rotatable bonds is 3. The Bertz CT molecular complexity index is 660. The van der Waals surface area contributed by atoms with Crippen LogP contribution in [0, 0.1) is 0 Å². The third-order valence-electron chi connectivity index (χ3n) is 5.93. The molecule has 0 saturated carbocycles. The van der Waals surface area contributed by atoms with E-state index in [-0.39, 0.29) is 6.04 Å². The van der Waals surface area contributed by atoms with Crippen molar-refractivity contribution in [3.05, 3.63) is 33.8 Å². The molecule has 3 aliphatic rings. The number of nitrogens with one attached hydrogen (secondary N) is 1. The molecule has 1 N–H and O–H groups in total. The van der Waals surface area contributed by atoms with E-state index in [1.54, 1.807) is 0 Å². The molecule has 3 aliphatic heterocycles. The Morgan fingerprint density at radius 2 is 1.96 bits per heavy atom. The molecule has 3 heterocycles. The fourth-order valence-corrected chi connectivity index (χ4v) is 5.62. The summed E-state index contributed by atoms with van der Waals surface area (Å²) in [4.78, 5) is 17.1. The van der Waals surface area contributed by atoms with E-state index in [4.69, 9.17) is 23.2 Å². The first kappa shape index (κ1) is 18.9. The Balaban J connectivity index is 1.29. The molecule has 2 atom stereocenters. The van der Waals surface area contributed by atoms with Crippen molar-refractivity contribution in [2.45, 2.75) is 37.3 Å². The number of hydrogen-bond acceptors (Lipinski definition) is 4. The second-order valence-electron chi connectivity index (χ2n) is 7.47. The van der Waals surface area contributed by atoms with E-state index < -0.39 is 0 Å². The first-order valence-electron chi connectivity index (χ1n) is 9.41. The molecule has 1 amide bonds. The Hall–Kier alpha value is -0.460. The minimum Gasteiger partial charge on any atom is -0.331 e. The van der Waals surface area contributed by atoms with Crippen molar-refractivity contribution in [1.29, 1.82) is 0 Å². The van der Waals surface area contributed by atoms with Gasteiger partial charge in [0.15, 0.2) is 0 Å². The number of carbonyl (C=O) groups is 1. The molecule has 142 valence electrons. The quantitative estimate of drug-likeness (QED) is 0.822. The van der Waals surface area contributed by atoms with Crippen LogP contribution in [-0.4, -0.2) is 65.6 Å². The van der Waals surface area contributed by atoms with E-state index in [1.807, 2.05) is 28.8 Å². The van der Waals surface area contributed by atoms with E-state index in [9.17, 15) is 4.79 Å². The van der Waals surface area contributed by atoms with E-state index in [1.165, 1.54) is 5.56 Å². The van der Waals surface area contributed by atoms with Crippen LogP contribution < -0.4 is 5.32 Å². The number of halogens is 2. The molecule has 4 nitrogen and oxygen atoms in total. The molecule has 26 heavy (non-hydrogen) atoms. The summed E-state index contributed by atoms with van der Waals surface area (Å²) < 4.78 is 0. The second-order valence-corrected chi connectivity index (χ2v) is 9.36. The van der Waals surface area contributed by atoms with Crippen LogP contribution in [0.25, 0.3) is 0 Å². The molecule has 0 bridgehead atoms. The van der Waals surface area contributed by atoms with E-state index >= 15 is 0 Å². The summed E-state index contributed by atoms with van der Waals surface area (Å²) in [6.07, 6.45) is 3.21. The monoisotopic (exact) mass is 413 g/mol. The van der Waals surface area contributed by atoms with Crippen molar-refractivity contribution in [3.8, 4) is 0 Å². The van der Waals surface area contributed by atoms with Gasteiger partial charge in [0.25, 0.3) is 0 Å². The van der Waals surface area contributed by atoms with Gasteiger partial charge in [-0.05, 0) is 56.0 Å². The maximum Gasteiger partial charge on any atom is 0.240 e. The number of piperidine rings is 1. The van der Waals surface area contributed by atoms with Gasteiger partial charge in [-0.25, -0.2) is 0 Å². The Morgan fingerprint density at radius 1 is 1.15 bits per heavy atom. The Morgan fingerprint density at radius 3 is 2.65 bits per heavy atom. The normalized spacial score (nSPS) is 28.0. The number of carbonyl (C=O) groups excluding carboxylic acids is 1. The molecule has 4 rings (SSSR count). The average Bonchev–Trinajstić information content (AvgIpc) is 3.36. The van der Waals surface area contributed by atoms with Gasteiger partial charge in [-0.3, -0.25) is 9.69 Å². The van der Waals surface area contributed by atoms with Crippen molar-refractivity contribution >= 4 is 40.9 Å². The fourth-order valence-electron chi connectivity index (χ4n) is 4.36. The van der Waals surface area contributed by atoms with E-state index in [0.717, 1.165) is 57.1 Å². The van der Waals surface area contributed by atoms with Gasteiger partial charge in [0.05, 0.1) is 22.0 Å². The SMILES string of the molecule is O=C([C@@H]1C[C@H](N2CCC(c3ccc(Cl)c(Cl)c3)CC2)CN1)N1CCSC1. The molecule has 3 saturated heterocycles. The van der Waals surface area contributed by atoms with Crippen LogP contribution in [0.1, 0.15) is 30.7 Å². The van der Waals surface area contributed by atoms with Gasteiger partial charge in [0.1, 0.15) is 0 Å². The van der Waals surface area contributed by atoms with Crippen molar-refractivity contribution in [1.82, 2.24) is 15.1 Å². The first-order valence-corrected chi connectivity index (χ1v) is 11.3. The third kappa shape index (κ3) is 4.02. The molecule has 0 radical (unpaired) electrons. The van der Waals surface area contributed by atoms with Crippen LogP contribution in [0.5, 0.6) is 0 Å². The van der Waals surface area contributed by atoms with Crippen molar-refractivity contribution < 1.29 is 4.79 Å². The molecule has 3 fully saturated rings. The number of thioether (sulfide) groups is 1. The highest BCUT2D eigenvalue weighted by atomic mass is 35.5. The molecule has 0 aliphatic carbocycles. The highest BCUT2D eigenvalue weighted by molar-refractivity contribution is 7.99. The van der Waals surface area contributed by atoms with Gasteiger partial charge in [0, 0.05) is 24.9 Å². The van der Waals surface area contributed by atoms with Crippen molar-refractivity contribution in [2.24, 2.45) is 0 Å². The summed E-state index contributed by atoms with van der Waals surface area (Å²) in [5.41, 5.74) is 1.29. The number of amides is 1. The molecule has 1 aromatic carbocycles. The molecule has 0 spiro atoms. The maximum atomic E-state index is 12.6. The minimum atomic E-state index is 0.00601. The van der Waals surface area contributed by atoms with Gasteiger partial charge in [-0.2, -0.15) is 0 Å². The largest absolute Gasteiger partial charge is 0.331 e. The number of nitrogens with zero attached hydrogens (tertiary/aromatic N) is 2. The molecule has 1 aromatic rings. The summed E-state index contributed by atoms with van der Waals surface area (Å²) >= 11 is 14.1. The van der Waals surface area contributed by atoms with Gasteiger partial charge in [-0.1, -0.05) is 29.3 Å². The molecule has 0 unspecified atom stereocenters. The van der Waals surface area contributed by atoms with Crippen molar-refractivity contribution in [2.75, 3.05) is 37.8 Å². The Labute approximate surface area is 169 Å². The summed E-state index contributed by atoms with van der Waals surface area (Å²) in [6.45, 7) is 3.99. The second kappa shape index (κ2) is 8.27. The Kier molecular flexibility index (Phi) is 6.01. The van der Waals surface area contributed by atoms with Crippen LogP contribution in [0.3, 0.4) is 0 Å². The minimum absolute atomic E-state index is 0.00601. The lowest BCUT2D eigenvalue weighted by atomic mass is 9.88. The molecule has 7 heteroatoms. The summed E-state index contributed by atoms with van der Waals surface area (Å²) in [7, 11) is 0. The van der Waals surface area contributed by atoms with Crippen LogP contribution in [0.4, 0.5) is 0 Å². The average molecular weight is 414 g/mol. The van der Waals surface area contributed by atoms with Crippen molar-refractivity contribution in [3.63, 3.8) is 0 Å². The van der Waals surface area contributed by atoms with Gasteiger partial charge in [0.2, 0.25) is 5.91 Å². The maximum absolute atomic E-state index is 12.6. The first-order chi connectivity index (χ1) is 12.6. The summed E-state index contributed by atoms with van der Waals surface area (Å²) in [5.74, 6) is 2.78. The van der Waals surface area contributed by atoms with Gasteiger partial charge >= 0.3 is 0 Å². The lowest BCUT2D eigenvalue weighted by Gasteiger charge is -2.36. The fraction of sp³-hybridized carbons (Fsp3) is 0.632. The molecule has 0 aromatic heterocycles. The standard InChI is InChI=1S/C19H25Cl2N3OS/c20-16-2-1-14(9-17(16)21)13-3-5-23(6-4-13)15-10-18(22-11-15)19(25)24-7-8-26-12-24/h1-2,9,13,15,18,22H,3-8,10-12H2/t15-,18-/m0/s1. The predicted octanol–water partition coefficient (Wildman–Crippen LogP) is 3.44. The van der Waals surface area contributed by atoms with Crippen LogP contribution >= 0.6 is 35.0 Å². The van der Waals surface area contributed by atoms with Gasteiger partial charge in [-0.15, -0.1) is 11.8 Å². The zero-order chi connectivity index (χ0) is 18.1.